The lowest BCUT2D eigenvalue weighted by Gasteiger charge is -2.04. The van der Waals surface area contributed by atoms with Crippen LogP contribution in [0, 0.1) is 0 Å². The molecule has 18 heavy (non-hydrogen) atoms. The van der Waals surface area contributed by atoms with Crippen LogP contribution < -0.4 is 0 Å². The van der Waals surface area contributed by atoms with Crippen molar-refractivity contribution in [1.29, 1.82) is 0 Å². The second-order valence-electron chi connectivity index (χ2n) is 3.40. The zero-order chi connectivity index (χ0) is 13.0. The molecule has 2 heterocycles. The van der Waals surface area contributed by atoms with E-state index in [1.165, 1.54) is 12.1 Å². The van der Waals surface area contributed by atoms with E-state index in [1.807, 2.05) is 6.07 Å². The molecule has 0 saturated heterocycles. The molecule has 2 rings (SSSR count). The minimum atomic E-state index is -0.521. The molecule has 0 aliphatic heterocycles. The fourth-order valence-electron chi connectivity index (χ4n) is 1.29. The Morgan fingerprint density at radius 1 is 1.22 bits per heavy atom. The number of halogens is 2. The van der Waals surface area contributed by atoms with Crippen molar-refractivity contribution in [2.75, 3.05) is 0 Å². The van der Waals surface area contributed by atoms with Gasteiger partial charge in [0.25, 0.3) is 0 Å². The molecule has 0 radical (unpaired) electrons. The van der Waals surface area contributed by atoms with E-state index >= 15 is 0 Å². The summed E-state index contributed by atoms with van der Waals surface area (Å²) in [6, 6.07) is 8.16. The van der Waals surface area contributed by atoms with Gasteiger partial charge in [-0.25, -0.2) is 9.78 Å². The average molecular weight is 283 g/mol. The second-order valence-corrected chi connectivity index (χ2v) is 4.17. The van der Waals surface area contributed by atoms with Gasteiger partial charge < -0.3 is 4.74 Å². The van der Waals surface area contributed by atoms with Crippen molar-refractivity contribution in [1.82, 2.24) is 9.97 Å². The Hall–Kier alpha value is -1.65. The zero-order valence-electron chi connectivity index (χ0n) is 9.14. The third-order valence-corrected chi connectivity index (χ3v) is 2.46. The summed E-state index contributed by atoms with van der Waals surface area (Å²) in [7, 11) is 0. The van der Waals surface area contributed by atoms with Crippen LogP contribution in [0.1, 0.15) is 16.1 Å². The lowest BCUT2D eigenvalue weighted by Crippen LogP contribution is -2.06. The Balaban J connectivity index is 2.04. The summed E-state index contributed by atoms with van der Waals surface area (Å²) in [5.74, 6) is -0.521. The summed E-state index contributed by atoms with van der Waals surface area (Å²) in [6.45, 7) is 0.0945. The molecule has 2 aromatic rings. The summed E-state index contributed by atoms with van der Waals surface area (Å²) in [5.41, 5.74) is 0.924. The molecular formula is C12H8Cl2N2O2. The molecule has 0 aliphatic carbocycles. The highest BCUT2D eigenvalue weighted by atomic mass is 35.5. The summed E-state index contributed by atoms with van der Waals surface area (Å²) in [6.07, 6.45) is 1.63. The summed E-state index contributed by atoms with van der Waals surface area (Å²) >= 11 is 11.4. The highest BCUT2D eigenvalue weighted by molar-refractivity contribution is 6.32. The van der Waals surface area contributed by atoms with Crippen LogP contribution in [0.5, 0.6) is 0 Å². The number of aromatic nitrogens is 2. The minimum Gasteiger partial charge on any atom is -0.456 e. The smallest absolute Gasteiger partial charge is 0.338 e. The number of hydrogen-bond donors (Lipinski definition) is 0. The maximum atomic E-state index is 11.7. The summed E-state index contributed by atoms with van der Waals surface area (Å²) in [5, 5.41) is 0.291. The first-order chi connectivity index (χ1) is 8.65. The molecule has 0 atom stereocenters. The predicted molar refractivity (Wildman–Crippen MR) is 67.6 cm³/mol. The first kappa shape index (κ1) is 12.8. The molecule has 0 spiro atoms. The first-order valence-electron chi connectivity index (χ1n) is 5.05. The Bertz CT molecular complexity index is 541. The third-order valence-electron chi connectivity index (χ3n) is 2.08. The van der Waals surface area contributed by atoms with Crippen molar-refractivity contribution < 1.29 is 9.53 Å². The Labute approximate surface area is 114 Å². The van der Waals surface area contributed by atoms with Crippen LogP contribution in [0.4, 0.5) is 0 Å². The largest absolute Gasteiger partial charge is 0.456 e. The molecule has 0 bridgehead atoms. The van der Waals surface area contributed by atoms with Gasteiger partial charge in [-0.2, -0.15) is 0 Å². The van der Waals surface area contributed by atoms with Crippen molar-refractivity contribution in [3.05, 3.63) is 58.1 Å². The van der Waals surface area contributed by atoms with Gasteiger partial charge in [-0.05, 0) is 24.3 Å². The van der Waals surface area contributed by atoms with Gasteiger partial charge in [0.05, 0.1) is 11.3 Å². The standard InChI is InChI=1S/C12H8Cl2N2O2/c13-10-5-8(6-11(14)16-10)12(17)18-7-9-3-1-2-4-15-9/h1-6H,7H2. The molecule has 0 unspecified atom stereocenters. The number of carbonyl (C=O) groups excluding carboxylic acids is 1. The second kappa shape index (κ2) is 5.80. The minimum absolute atomic E-state index is 0.0945. The Kier molecular flexibility index (Phi) is 4.12. The maximum Gasteiger partial charge on any atom is 0.338 e. The van der Waals surface area contributed by atoms with Crippen LogP contribution in [0.25, 0.3) is 0 Å². The highest BCUT2D eigenvalue weighted by Gasteiger charge is 2.10. The van der Waals surface area contributed by atoms with Gasteiger partial charge in [-0.1, -0.05) is 29.3 Å². The van der Waals surface area contributed by atoms with E-state index in [0.717, 1.165) is 0 Å². The molecule has 0 saturated carbocycles. The Morgan fingerprint density at radius 2 is 1.94 bits per heavy atom. The van der Waals surface area contributed by atoms with Crippen LogP contribution in [0.15, 0.2) is 36.5 Å². The third kappa shape index (κ3) is 3.42. The molecule has 92 valence electrons. The van der Waals surface area contributed by atoms with Crippen molar-refractivity contribution >= 4 is 29.2 Å². The molecule has 0 aliphatic rings. The van der Waals surface area contributed by atoms with E-state index in [4.69, 9.17) is 27.9 Å². The number of nitrogens with zero attached hydrogens (tertiary/aromatic N) is 2. The normalized spacial score (nSPS) is 10.1. The van der Waals surface area contributed by atoms with Gasteiger partial charge >= 0.3 is 5.97 Å². The van der Waals surface area contributed by atoms with E-state index in [-0.39, 0.29) is 22.5 Å². The molecular weight excluding hydrogens is 275 g/mol. The molecule has 0 fully saturated rings. The van der Waals surface area contributed by atoms with Gasteiger partial charge in [-0.3, -0.25) is 4.98 Å². The fraction of sp³-hybridized carbons (Fsp3) is 0.0833. The number of esters is 1. The van der Waals surface area contributed by atoms with E-state index in [2.05, 4.69) is 9.97 Å². The molecule has 4 nitrogen and oxygen atoms in total. The maximum absolute atomic E-state index is 11.7. The van der Waals surface area contributed by atoms with Crippen molar-refractivity contribution in [2.24, 2.45) is 0 Å². The van der Waals surface area contributed by atoms with Crippen molar-refractivity contribution in [3.63, 3.8) is 0 Å². The van der Waals surface area contributed by atoms with Crippen molar-refractivity contribution in [3.8, 4) is 0 Å². The van der Waals surface area contributed by atoms with Crippen LogP contribution in [0.3, 0.4) is 0 Å². The molecule has 2 aromatic heterocycles. The van der Waals surface area contributed by atoms with Crippen LogP contribution in [-0.2, 0) is 11.3 Å². The number of ether oxygens (including phenoxy) is 1. The number of carbonyl (C=O) groups is 1. The summed E-state index contributed by atoms with van der Waals surface area (Å²) < 4.78 is 5.08. The lowest BCUT2D eigenvalue weighted by atomic mass is 10.3. The molecule has 0 aromatic carbocycles. The van der Waals surface area contributed by atoms with E-state index in [0.29, 0.717) is 5.69 Å². The molecule has 0 N–H and O–H groups in total. The average Bonchev–Trinajstić information content (AvgIpc) is 2.36. The van der Waals surface area contributed by atoms with E-state index in [9.17, 15) is 4.79 Å². The van der Waals surface area contributed by atoms with Gasteiger partial charge in [0.15, 0.2) is 0 Å². The van der Waals surface area contributed by atoms with Gasteiger partial charge in [-0.15, -0.1) is 0 Å². The van der Waals surface area contributed by atoms with Crippen molar-refractivity contribution in [2.45, 2.75) is 6.61 Å². The van der Waals surface area contributed by atoms with E-state index < -0.39 is 5.97 Å². The summed E-state index contributed by atoms with van der Waals surface area (Å²) in [4.78, 5) is 19.5. The van der Waals surface area contributed by atoms with Gasteiger partial charge in [0.2, 0.25) is 0 Å². The molecule has 6 heteroatoms. The fourth-order valence-corrected chi connectivity index (χ4v) is 1.75. The van der Waals surface area contributed by atoms with Crippen LogP contribution >= 0.6 is 23.2 Å². The lowest BCUT2D eigenvalue weighted by molar-refractivity contribution is 0.0467. The highest BCUT2D eigenvalue weighted by Crippen LogP contribution is 2.15. The first-order valence-corrected chi connectivity index (χ1v) is 5.81. The van der Waals surface area contributed by atoms with Gasteiger partial charge in [0, 0.05) is 6.20 Å². The van der Waals surface area contributed by atoms with E-state index in [1.54, 1.807) is 18.3 Å². The van der Waals surface area contributed by atoms with Gasteiger partial charge in [0.1, 0.15) is 16.9 Å². The Morgan fingerprint density at radius 3 is 2.56 bits per heavy atom. The number of hydrogen-bond acceptors (Lipinski definition) is 4. The van der Waals surface area contributed by atoms with Crippen LogP contribution in [0.2, 0.25) is 10.3 Å². The number of rotatable bonds is 3. The SMILES string of the molecule is O=C(OCc1ccccn1)c1cc(Cl)nc(Cl)c1. The zero-order valence-corrected chi connectivity index (χ0v) is 10.6. The number of pyridine rings is 2. The molecule has 0 amide bonds. The quantitative estimate of drug-likeness (QED) is 0.641. The predicted octanol–water partition coefficient (Wildman–Crippen LogP) is 3.14. The van der Waals surface area contributed by atoms with Crippen LogP contribution in [-0.4, -0.2) is 15.9 Å². The topological polar surface area (TPSA) is 52.1 Å². The monoisotopic (exact) mass is 282 g/mol.